The number of rotatable bonds is 9. The fourth-order valence-electron chi connectivity index (χ4n) is 3.16. The predicted octanol–water partition coefficient (Wildman–Crippen LogP) is 2.92. The second kappa shape index (κ2) is 9.90. The van der Waals surface area contributed by atoms with Gasteiger partial charge in [-0.1, -0.05) is 36.4 Å². The van der Waals surface area contributed by atoms with Gasteiger partial charge in [-0.3, -0.25) is 9.59 Å². The molecule has 1 saturated heterocycles. The predicted molar refractivity (Wildman–Crippen MR) is 105 cm³/mol. The van der Waals surface area contributed by atoms with Crippen LogP contribution in [0.25, 0.3) is 0 Å². The molecule has 0 bridgehead atoms. The van der Waals surface area contributed by atoms with Crippen LogP contribution in [0.2, 0.25) is 0 Å². The van der Waals surface area contributed by atoms with E-state index >= 15 is 0 Å². The Hall–Kier alpha value is -2.86. The highest BCUT2D eigenvalue weighted by Gasteiger charge is 2.20. The summed E-state index contributed by atoms with van der Waals surface area (Å²) in [5.41, 5.74) is 1.36. The fraction of sp³-hybridized carbons (Fsp3) is 0.364. The second-order valence-electron chi connectivity index (χ2n) is 6.91. The fourth-order valence-corrected chi connectivity index (χ4v) is 3.16. The van der Waals surface area contributed by atoms with Crippen molar-refractivity contribution < 1.29 is 24.2 Å². The molecule has 2 aromatic carbocycles. The number of aliphatic carboxylic acids is 1. The van der Waals surface area contributed by atoms with Crippen molar-refractivity contribution >= 4 is 11.9 Å². The monoisotopic (exact) mass is 383 g/mol. The van der Waals surface area contributed by atoms with Gasteiger partial charge < -0.3 is 19.9 Å². The SMILES string of the molecule is O=C(NCC(Cc1ccccc1)C(=O)O)c1cccc(OCC2CCCO2)c1. The molecule has 0 spiro atoms. The van der Waals surface area contributed by atoms with Crippen LogP contribution in [0.5, 0.6) is 5.75 Å². The first-order valence-electron chi connectivity index (χ1n) is 9.51. The van der Waals surface area contributed by atoms with Crippen LogP contribution in [0.1, 0.15) is 28.8 Å². The highest BCUT2D eigenvalue weighted by Crippen LogP contribution is 2.17. The maximum Gasteiger partial charge on any atom is 0.308 e. The third-order valence-electron chi connectivity index (χ3n) is 4.74. The molecule has 6 heteroatoms. The minimum Gasteiger partial charge on any atom is -0.491 e. The first kappa shape index (κ1) is 19.9. The van der Waals surface area contributed by atoms with Crippen molar-refractivity contribution in [1.82, 2.24) is 5.32 Å². The number of carbonyl (C=O) groups excluding carboxylic acids is 1. The van der Waals surface area contributed by atoms with Crippen molar-refractivity contribution in [3.63, 3.8) is 0 Å². The summed E-state index contributed by atoms with van der Waals surface area (Å²) in [6, 6.07) is 16.3. The number of hydrogen-bond acceptors (Lipinski definition) is 4. The largest absolute Gasteiger partial charge is 0.491 e. The van der Waals surface area contributed by atoms with Gasteiger partial charge in [-0.25, -0.2) is 0 Å². The number of hydrogen-bond donors (Lipinski definition) is 2. The Labute approximate surface area is 164 Å². The minimum atomic E-state index is -0.933. The third-order valence-corrected chi connectivity index (χ3v) is 4.74. The van der Waals surface area contributed by atoms with Crippen LogP contribution in [0, 0.1) is 5.92 Å². The number of ether oxygens (including phenoxy) is 2. The molecule has 1 fully saturated rings. The van der Waals surface area contributed by atoms with Crippen LogP contribution in [0.4, 0.5) is 0 Å². The molecule has 6 nitrogen and oxygen atoms in total. The van der Waals surface area contributed by atoms with E-state index in [9.17, 15) is 14.7 Å². The van der Waals surface area contributed by atoms with Gasteiger partial charge in [0.15, 0.2) is 0 Å². The molecular formula is C22H25NO5. The van der Waals surface area contributed by atoms with Crippen LogP contribution in [0.3, 0.4) is 0 Å². The Kier molecular flexibility index (Phi) is 7.03. The topological polar surface area (TPSA) is 84.9 Å². The van der Waals surface area contributed by atoms with E-state index < -0.39 is 11.9 Å². The third kappa shape index (κ3) is 5.82. The number of carboxylic acids is 1. The standard InChI is InChI=1S/C22H25NO5/c24-21(23-14-18(22(25)26)12-16-6-2-1-3-7-16)17-8-4-9-19(13-17)28-15-20-10-5-11-27-20/h1-4,6-9,13,18,20H,5,10-12,14-15H2,(H,23,24)(H,25,26). The number of amides is 1. The molecule has 148 valence electrons. The lowest BCUT2D eigenvalue weighted by molar-refractivity contribution is -0.141. The molecule has 1 aliphatic heterocycles. The Morgan fingerprint density at radius 1 is 1.18 bits per heavy atom. The molecule has 1 amide bonds. The average Bonchev–Trinajstić information content (AvgIpc) is 3.24. The molecule has 0 saturated carbocycles. The number of carbonyl (C=O) groups is 2. The summed E-state index contributed by atoms with van der Waals surface area (Å²) in [5, 5.41) is 12.2. The van der Waals surface area contributed by atoms with Crippen LogP contribution in [0.15, 0.2) is 54.6 Å². The van der Waals surface area contributed by atoms with Gasteiger partial charge in [-0.05, 0) is 43.0 Å². The Bertz CT molecular complexity index is 787. The van der Waals surface area contributed by atoms with Crippen molar-refractivity contribution in [2.24, 2.45) is 5.92 Å². The first-order chi connectivity index (χ1) is 13.6. The molecular weight excluding hydrogens is 358 g/mol. The lowest BCUT2D eigenvalue weighted by Crippen LogP contribution is -2.34. The highest BCUT2D eigenvalue weighted by molar-refractivity contribution is 5.94. The van der Waals surface area contributed by atoms with Gasteiger partial charge in [-0.15, -0.1) is 0 Å². The molecule has 0 aromatic heterocycles. The molecule has 1 heterocycles. The van der Waals surface area contributed by atoms with Crippen LogP contribution >= 0.6 is 0 Å². The summed E-state index contributed by atoms with van der Waals surface area (Å²) < 4.78 is 11.3. The van der Waals surface area contributed by atoms with Crippen molar-refractivity contribution in [3.8, 4) is 5.75 Å². The smallest absolute Gasteiger partial charge is 0.308 e. The zero-order valence-corrected chi connectivity index (χ0v) is 15.7. The molecule has 0 radical (unpaired) electrons. The van der Waals surface area contributed by atoms with E-state index in [-0.39, 0.29) is 18.6 Å². The lowest BCUT2D eigenvalue weighted by Gasteiger charge is -2.14. The van der Waals surface area contributed by atoms with E-state index in [0.29, 0.717) is 24.3 Å². The molecule has 2 N–H and O–H groups in total. The molecule has 1 aliphatic rings. The van der Waals surface area contributed by atoms with Crippen LogP contribution < -0.4 is 10.1 Å². The quantitative estimate of drug-likeness (QED) is 0.695. The summed E-state index contributed by atoms with van der Waals surface area (Å²) in [4.78, 5) is 24.0. The summed E-state index contributed by atoms with van der Waals surface area (Å²) in [7, 11) is 0. The maximum absolute atomic E-state index is 12.5. The molecule has 2 atom stereocenters. The van der Waals surface area contributed by atoms with E-state index in [1.807, 2.05) is 30.3 Å². The van der Waals surface area contributed by atoms with Gasteiger partial charge in [0, 0.05) is 18.7 Å². The van der Waals surface area contributed by atoms with E-state index in [0.717, 1.165) is 25.0 Å². The van der Waals surface area contributed by atoms with Gasteiger partial charge in [-0.2, -0.15) is 0 Å². The van der Waals surface area contributed by atoms with E-state index in [1.54, 1.807) is 24.3 Å². The Morgan fingerprint density at radius 2 is 2.00 bits per heavy atom. The first-order valence-corrected chi connectivity index (χ1v) is 9.51. The van der Waals surface area contributed by atoms with Gasteiger partial charge in [0.2, 0.25) is 0 Å². The van der Waals surface area contributed by atoms with Crippen LogP contribution in [-0.4, -0.2) is 42.8 Å². The van der Waals surface area contributed by atoms with Crippen molar-refractivity contribution in [2.75, 3.05) is 19.8 Å². The maximum atomic E-state index is 12.5. The zero-order valence-electron chi connectivity index (χ0n) is 15.7. The molecule has 2 aromatic rings. The second-order valence-corrected chi connectivity index (χ2v) is 6.91. The van der Waals surface area contributed by atoms with E-state index in [2.05, 4.69) is 5.32 Å². The highest BCUT2D eigenvalue weighted by atomic mass is 16.5. The molecule has 2 unspecified atom stereocenters. The van der Waals surface area contributed by atoms with Crippen LogP contribution in [-0.2, 0) is 16.0 Å². The van der Waals surface area contributed by atoms with Gasteiger partial charge in [0.25, 0.3) is 5.91 Å². The average molecular weight is 383 g/mol. The number of carboxylic acid groups (broad SMARTS) is 1. The molecule has 0 aliphatic carbocycles. The normalized spacial score (nSPS) is 17.1. The summed E-state index contributed by atoms with van der Waals surface area (Å²) >= 11 is 0. The van der Waals surface area contributed by atoms with Gasteiger partial charge in [0.1, 0.15) is 12.4 Å². The molecule has 3 rings (SSSR count). The summed E-state index contributed by atoms with van der Waals surface area (Å²) in [6.07, 6.45) is 2.50. The lowest BCUT2D eigenvalue weighted by atomic mass is 9.99. The van der Waals surface area contributed by atoms with Crippen molar-refractivity contribution in [3.05, 3.63) is 65.7 Å². The summed E-state index contributed by atoms with van der Waals surface area (Å²) in [5.74, 6) is -1.34. The van der Waals surface area contributed by atoms with E-state index in [1.165, 1.54) is 0 Å². The Balaban J connectivity index is 1.54. The number of nitrogens with one attached hydrogen (secondary N) is 1. The van der Waals surface area contributed by atoms with E-state index in [4.69, 9.17) is 9.47 Å². The van der Waals surface area contributed by atoms with Crippen molar-refractivity contribution in [1.29, 1.82) is 0 Å². The Morgan fingerprint density at radius 3 is 2.71 bits per heavy atom. The molecule has 28 heavy (non-hydrogen) atoms. The number of benzene rings is 2. The van der Waals surface area contributed by atoms with Crippen molar-refractivity contribution in [2.45, 2.75) is 25.4 Å². The van der Waals surface area contributed by atoms with Gasteiger partial charge in [0.05, 0.1) is 12.0 Å². The summed E-state index contributed by atoms with van der Waals surface area (Å²) in [6.45, 7) is 1.29. The minimum absolute atomic E-state index is 0.0596. The van der Waals surface area contributed by atoms with Gasteiger partial charge >= 0.3 is 5.97 Å². The zero-order chi connectivity index (χ0) is 19.8.